The Morgan fingerprint density at radius 1 is 0.467 bits per heavy atom. The molecule has 0 radical (unpaired) electrons. The molecule has 0 saturated carbocycles. The molecule has 13 rings (SSSR count). The van der Waals surface area contributed by atoms with E-state index in [1.54, 1.807) is 0 Å². The molecule has 5 heterocycles. The third-order valence-electron chi connectivity index (χ3n) is 12.1. The predicted octanol–water partition coefficient (Wildman–Crippen LogP) is 14.1. The highest BCUT2D eigenvalue weighted by Crippen LogP contribution is 2.43. The average molecular weight is 768 g/mol. The molecule has 1 N–H and O–H groups in total. The number of para-hydroxylation sites is 5. The highest BCUT2D eigenvalue weighted by Gasteiger charge is 2.23. The summed E-state index contributed by atoms with van der Waals surface area (Å²) in [5.41, 5.74) is 14.4. The van der Waals surface area contributed by atoms with Gasteiger partial charge in [0, 0.05) is 55.5 Å². The molecule has 6 heteroatoms. The third kappa shape index (κ3) is 4.76. The molecule has 0 aliphatic heterocycles. The second kappa shape index (κ2) is 12.6. The fraction of sp³-hybridized carbons (Fsp3) is 0. The van der Waals surface area contributed by atoms with Crippen LogP contribution < -0.4 is 0 Å². The number of nitrogens with one attached hydrogen (secondary N) is 1. The van der Waals surface area contributed by atoms with E-state index < -0.39 is 0 Å². The number of hydrogen-bond donors (Lipinski definition) is 1. The van der Waals surface area contributed by atoms with Crippen molar-refractivity contribution in [2.45, 2.75) is 0 Å². The molecule has 0 fully saturated rings. The first kappa shape index (κ1) is 32.8. The van der Waals surface area contributed by atoms with Crippen LogP contribution >= 0.6 is 0 Å². The number of rotatable bonds is 5. The summed E-state index contributed by atoms with van der Waals surface area (Å²) in [7, 11) is 0. The first-order valence-electron chi connectivity index (χ1n) is 20.2. The minimum absolute atomic E-state index is 0.837. The first-order valence-corrected chi connectivity index (χ1v) is 20.2. The van der Waals surface area contributed by atoms with Crippen LogP contribution in [-0.4, -0.2) is 24.1 Å². The normalized spacial score (nSPS) is 12.0. The van der Waals surface area contributed by atoms with Crippen molar-refractivity contribution in [2.24, 2.45) is 0 Å². The smallest absolute Gasteiger partial charge is 0.147 e. The lowest BCUT2D eigenvalue weighted by Gasteiger charge is -2.11. The molecule has 13 aromatic rings. The van der Waals surface area contributed by atoms with Gasteiger partial charge in [-0.25, -0.2) is 9.97 Å². The first-order chi connectivity index (χ1) is 29.8. The van der Waals surface area contributed by atoms with Gasteiger partial charge in [-0.1, -0.05) is 121 Å². The topological polar surface area (TPSA) is 64.6 Å². The fourth-order valence-electron chi connectivity index (χ4n) is 9.46. The molecular formula is C54H33N5O. The predicted molar refractivity (Wildman–Crippen MR) is 246 cm³/mol. The van der Waals surface area contributed by atoms with Gasteiger partial charge >= 0.3 is 0 Å². The second-order valence-electron chi connectivity index (χ2n) is 15.4. The number of aromatic nitrogens is 5. The lowest BCUT2D eigenvalue weighted by molar-refractivity contribution is 0.673. The van der Waals surface area contributed by atoms with Gasteiger partial charge < -0.3 is 9.40 Å². The van der Waals surface area contributed by atoms with Crippen LogP contribution in [0, 0.1) is 0 Å². The summed E-state index contributed by atoms with van der Waals surface area (Å²) in [5, 5.41) is 6.74. The Balaban J connectivity index is 1.09. The van der Waals surface area contributed by atoms with Crippen molar-refractivity contribution in [3.63, 3.8) is 0 Å². The van der Waals surface area contributed by atoms with Crippen LogP contribution in [-0.2, 0) is 0 Å². The van der Waals surface area contributed by atoms with Gasteiger partial charge in [0.1, 0.15) is 22.8 Å². The summed E-state index contributed by atoms with van der Waals surface area (Å²) >= 11 is 0. The second-order valence-corrected chi connectivity index (χ2v) is 15.4. The van der Waals surface area contributed by atoms with Crippen molar-refractivity contribution in [3.8, 4) is 45.1 Å². The van der Waals surface area contributed by atoms with E-state index in [1.165, 1.54) is 10.8 Å². The van der Waals surface area contributed by atoms with Gasteiger partial charge in [0.25, 0.3) is 0 Å². The Morgan fingerprint density at radius 2 is 1.22 bits per heavy atom. The van der Waals surface area contributed by atoms with Crippen LogP contribution in [0.1, 0.15) is 0 Å². The zero-order valence-corrected chi connectivity index (χ0v) is 32.2. The molecule has 8 aromatic carbocycles. The van der Waals surface area contributed by atoms with Crippen LogP contribution in [0.2, 0.25) is 0 Å². The number of imidazole rings is 1. The van der Waals surface area contributed by atoms with Gasteiger partial charge in [-0.2, -0.15) is 0 Å². The highest BCUT2D eigenvalue weighted by molar-refractivity contribution is 6.24. The molecule has 0 aliphatic rings. The molecule has 0 bridgehead atoms. The van der Waals surface area contributed by atoms with Crippen LogP contribution in [0.25, 0.3) is 122 Å². The van der Waals surface area contributed by atoms with Gasteiger partial charge in [0.15, 0.2) is 0 Å². The fourth-order valence-corrected chi connectivity index (χ4v) is 9.46. The van der Waals surface area contributed by atoms with E-state index >= 15 is 0 Å². The number of fused-ring (bicyclic) bond motifs is 11. The molecule has 5 aromatic heterocycles. The van der Waals surface area contributed by atoms with Gasteiger partial charge in [0.2, 0.25) is 0 Å². The molecule has 6 nitrogen and oxygen atoms in total. The van der Waals surface area contributed by atoms with Crippen LogP contribution in [0.3, 0.4) is 0 Å². The maximum atomic E-state index is 6.69. The summed E-state index contributed by atoms with van der Waals surface area (Å²) in [6.07, 6.45) is 1.91. The van der Waals surface area contributed by atoms with Gasteiger partial charge in [0.05, 0.1) is 33.0 Å². The quantitative estimate of drug-likeness (QED) is 0.190. The summed E-state index contributed by atoms with van der Waals surface area (Å²) in [4.78, 5) is 14.3. The zero-order chi connectivity index (χ0) is 39.3. The third-order valence-corrected chi connectivity index (χ3v) is 12.1. The Hall–Kier alpha value is -8.22. The molecule has 280 valence electrons. The van der Waals surface area contributed by atoms with Crippen molar-refractivity contribution in [1.82, 2.24) is 24.1 Å². The molecule has 0 unspecified atom stereocenters. The lowest BCUT2D eigenvalue weighted by atomic mass is 10.0. The van der Waals surface area contributed by atoms with E-state index in [1.807, 2.05) is 24.4 Å². The van der Waals surface area contributed by atoms with Gasteiger partial charge in [-0.05, 0) is 83.4 Å². The number of aromatic amines is 1. The molecule has 0 saturated heterocycles. The summed E-state index contributed by atoms with van der Waals surface area (Å²) < 4.78 is 11.3. The largest absolute Gasteiger partial charge is 0.455 e. The van der Waals surface area contributed by atoms with E-state index in [0.717, 1.165) is 111 Å². The number of H-pyrrole nitrogens is 1. The molecule has 60 heavy (non-hydrogen) atoms. The number of nitrogens with zero attached hydrogens (tertiary/aromatic N) is 4. The van der Waals surface area contributed by atoms with E-state index in [4.69, 9.17) is 14.4 Å². The minimum Gasteiger partial charge on any atom is -0.455 e. The zero-order valence-electron chi connectivity index (χ0n) is 32.2. The van der Waals surface area contributed by atoms with Crippen molar-refractivity contribution < 1.29 is 4.42 Å². The summed E-state index contributed by atoms with van der Waals surface area (Å²) in [5.74, 6) is 1.72. The number of pyridine rings is 1. The van der Waals surface area contributed by atoms with Gasteiger partial charge in [-0.15, -0.1) is 0 Å². The maximum absolute atomic E-state index is 6.69. The monoisotopic (exact) mass is 767 g/mol. The van der Waals surface area contributed by atoms with Crippen LogP contribution in [0.4, 0.5) is 0 Å². The van der Waals surface area contributed by atoms with Crippen molar-refractivity contribution in [3.05, 3.63) is 194 Å². The van der Waals surface area contributed by atoms with Crippen molar-refractivity contribution >= 4 is 76.6 Å². The Morgan fingerprint density at radius 3 is 2.12 bits per heavy atom. The Kier molecular flexibility index (Phi) is 6.91. The Labute approximate surface area is 343 Å². The highest BCUT2D eigenvalue weighted by atomic mass is 16.3. The lowest BCUT2D eigenvalue weighted by Crippen LogP contribution is -1.98. The summed E-state index contributed by atoms with van der Waals surface area (Å²) in [6, 6.07) is 66.3. The average Bonchev–Trinajstić information content (AvgIpc) is 4.08. The van der Waals surface area contributed by atoms with Crippen LogP contribution in [0.15, 0.2) is 199 Å². The molecule has 0 spiro atoms. The SMILES string of the molecule is c1ccc(-c2ccnc(-n3c4cc(-c5cccc6c5nc(-c5cccc7c5[nH]c5ccccc57)n6-c5ccccc5)ccc4c4c5oc6ccccc6c5ccc43)c2)cc1. The number of hydrogen-bond acceptors (Lipinski definition) is 3. The molecule has 0 aliphatic carbocycles. The minimum atomic E-state index is 0.837. The molecule has 0 atom stereocenters. The number of furan rings is 1. The van der Waals surface area contributed by atoms with Gasteiger partial charge in [-0.3, -0.25) is 9.13 Å². The van der Waals surface area contributed by atoms with E-state index in [-0.39, 0.29) is 0 Å². The molecule has 0 amide bonds. The number of benzene rings is 8. The summed E-state index contributed by atoms with van der Waals surface area (Å²) in [6.45, 7) is 0. The molecular weight excluding hydrogens is 735 g/mol. The van der Waals surface area contributed by atoms with E-state index in [2.05, 4.69) is 184 Å². The maximum Gasteiger partial charge on any atom is 0.147 e. The standard InChI is InChI=1S/C54H33N5O/c1-3-13-33(14-4-1)34-29-30-55-49(32-34)59-45-28-27-41-39-18-8-10-24-48(39)60-53(41)50(45)42-26-25-35(31-47(42)59)37-19-12-23-46-52(37)57-54(58(46)36-15-5-2-6-16-36)43-21-11-20-40-38-17-7-9-22-44(38)56-51(40)43/h1-32,56H. The van der Waals surface area contributed by atoms with E-state index in [0.29, 0.717) is 0 Å². The van der Waals surface area contributed by atoms with Crippen molar-refractivity contribution in [2.75, 3.05) is 0 Å². The van der Waals surface area contributed by atoms with Crippen LogP contribution in [0.5, 0.6) is 0 Å². The Bertz CT molecular complexity index is 3830. The van der Waals surface area contributed by atoms with E-state index in [9.17, 15) is 0 Å². The van der Waals surface area contributed by atoms with Crippen molar-refractivity contribution in [1.29, 1.82) is 0 Å².